The molecule has 0 aliphatic rings. The fraction of sp³-hybridized carbons (Fsp3) is 0.400. The molecule has 0 N–H and O–H groups in total. The predicted octanol–water partition coefficient (Wildman–Crippen LogP) is 4.05. The summed E-state index contributed by atoms with van der Waals surface area (Å²) in [6.07, 6.45) is 3.65. The molecule has 0 aliphatic carbocycles. The zero-order valence-corrected chi connectivity index (χ0v) is 12.4. The van der Waals surface area contributed by atoms with Gasteiger partial charge in [-0.2, -0.15) is 0 Å². The van der Waals surface area contributed by atoms with Crippen LogP contribution >= 0.6 is 0 Å². The molecule has 2 rings (SSSR count). The lowest BCUT2D eigenvalue weighted by Crippen LogP contribution is -2.06. The Morgan fingerprint density at radius 3 is 2.81 bits per heavy atom. The number of hydrogen-bond acceptors (Lipinski definition) is 3. The van der Waals surface area contributed by atoms with Crippen LogP contribution in [-0.2, 0) is 11.3 Å². The van der Waals surface area contributed by atoms with E-state index in [1.54, 1.807) is 13.1 Å². The van der Waals surface area contributed by atoms with E-state index in [0.29, 0.717) is 12.2 Å². The molecule has 0 unspecified atom stereocenters. The molecule has 2 aromatic heterocycles. The zero-order valence-electron chi connectivity index (χ0n) is 12.4. The fourth-order valence-electron chi connectivity index (χ4n) is 2.43. The second kappa shape index (κ2) is 6.33. The number of ether oxygens (including phenoxy) is 1. The summed E-state index contributed by atoms with van der Waals surface area (Å²) in [5, 5.41) is 3.55. The highest BCUT2D eigenvalue weighted by Gasteiger charge is 2.20. The molecule has 2 heterocycles. The standard InChI is InChI=1S/C15H18N4O2/c1-4-21-15(20)12-9-19-8-11(7-17-18-16)5-6-13(19)14(12)10(2)3/h5-6,8-10H,4,7H2,1-3H3. The average Bonchev–Trinajstić information content (AvgIpc) is 2.84. The average molecular weight is 286 g/mol. The van der Waals surface area contributed by atoms with Crippen molar-refractivity contribution >= 4 is 11.5 Å². The van der Waals surface area contributed by atoms with Gasteiger partial charge in [0.15, 0.2) is 0 Å². The van der Waals surface area contributed by atoms with E-state index < -0.39 is 0 Å². The molecular weight excluding hydrogens is 268 g/mol. The number of aromatic nitrogens is 1. The van der Waals surface area contributed by atoms with Crippen LogP contribution in [0.15, 0.2) is 29.6 Å². The third-order valence-corrected chi connectivity index (χ3v) is 3.26. The Morgan fingerprint density at radius 1 is 1.43 bits per heavy atom. The predicted molar refractivity (Wildman–Crippen MR) is 80.3 cm³/mol. The highest BCUT2D eigenvalue weighted by atomic mass is 16.5. The molecule has 0 spiro atoms. The van der Waals surface area contributed by atoms with Gasteiger partial charge in [-0.15, -0.1) is 0 Å². The maximum atomic E-state index is 12.1. The van der Waals surface area contributed by atoms with E-state index in [2.05, 4.69) is 10.0 Å². The van der Waals surface area contributed by atoms with Crippen molar-refractivity contribution in [3.63, 3.8) is 0 Å². The minimum atomic E-state index is -0.304. The van der Waals surface area contributed by atoms with Crippen molar-refractivity contribution in [1.29, 1.82) is 0 Å². The van der Waals surface area contributed by atoms with Crippen molar-refractivity contribution in [2.24, 2.45) is 5.11 Å². The number of carbonyl (C=O) groups excluding carboxylic acids is 1. The summed E-state index contributed by atoms with van der Waals surface area (Å²) in [7, 11) is 0. The molecule has 0 saturated carbocycles. The quantitative estimate of drug-likeness (QED) is 0.359. The van der Waals surface area contributed by atoms with Gasteiger partial charge in [-0.1, -0.05) is 25.0 Å². The van der Waals surface area contributed by atoms with Crippen LogP contribution in [0.25, 0.3) is 16.0 Å². The lowest BCUT2D eigenvalue weighted by molar-refractivity contribution is 0.0525. The number of esters is 1. The Bertz CT molecular complexity index is 712. The van der Waals surface area contributed by atoms with Gasteiger partial charge in [0.25, 0.3) is 0 Å². The number of nitrogens with zero attached hydrogens (tertiary/aromatic N) is 4. The summed E-state index contributed by atoms with van der Waals surface area (Å²) in [5.74, 6) is -0.0983. The second-order valence-electron chi connectivity index (χ2n) is 5.05. The molecule has 6 heteroatoms. The van der Waals surface area contributed by atoms with Crippen molar-refractivity contribution in [2.75, 3.05) is 6.61 Å². The first-order valence-electron chi connectivity index (χ1n) is 6.90. The van der Waals surface area contributed by atoms with Gasteiger partial charge in [0.1, 0.15) is 0 Å². The molecule has 21 heavy (non-hydrogen) atoms. The highest BCUT2D eigenvalue weighted by molar-refractivity contribution is 5.94. The minimum Gasteiger partial charge on any atom is -0.462 e. The fourth-order valence-corrected chi connectivity index (χ4v) is 2.43. The summed E-state index contributed by atoms with van der Waals surface area (Å²) in [6.45, 7) is 6.53. The molecule has 0 saturated heterocycles. The van der Waals surface area contributed by atoms with Gasteiger partial charge in [-0.05, 0) is 35.6 Å². The molecule has 6 nitrogen and oxygen atoms in total. The smallest absolute Gasteiger partial charge is 0.339 e. The normalized spacial score (nSPS) is 10.7. The third-order valence-electron chi connectivity index (χ3n) is 3.26. The van der Waals surface area contributed by atoms with Crippen LogP contribution < -0.4 is 0 Å². The van der Waals surface area contributed by atoms with Crippen LogP contribution in [0.4, 0.5) is 0 Å². The number of hydrogen-bond donors (Lipinski definition) is 0. The second-order valence-corrected chi connectivity index (χ2v) is 5.05. The van der Waals surface area contributed by atoms with Crippen LogP contribution in [0.1, 0.15) is 48.2 Å². The summed E-state index contributed by atoms with van der Waals surface area (Å²) in [6, 6.07) is 3.85. The molecule has 0 amide bonds. The van der Waals surface area contributed by atoms with E-state index in [4.69, 9.17) is 10.3 Å². The van der Waals surface area contributed by atoms with E-state index in [1.165, 1.54) is 0 Å². The number of azide groups is 1. The number of carbonyl (C=O) groups is 1. The maximum absolute atomic E-state index is 12.1. The van der Waals surface area contributed by atoms with E-state index in [0.717, 1.165) is 16.6 Å². The van der Waals surface area contributed by atoms with Gasteiger partial charge in [0.05, 0.1) is 18.7 Å². The first-order valence-corrected chi connectivity index (χ1v) is 6.90. The molecular formula is C15H18N4O2. The highest BCUT2D eigenvalue weighted by Crippen LogP contribution is 2.28. The first-order chi connectivity index (χ1) is 10.1. The van der Waals surface area contributed by atoms with Gasteiger partial charge in [0, 0.05) is 22.8 Å². The summed E-state index contributed by atoms with van der Waals surface area (Å²) in [5.41, 5.74) is 11.8. The lowest BCUT2D eigenvalue weighted by Gasteiger charge is -2.08. The molecule has 0 radical (unpaired) electrons. The van der Waals surface area contributed by atoms with Gasteiger partial charge in [-0.25, -0.2) is 4.79 Å². The Labute approximate surface area is 123 Å². The zero-order chi connectivity index (χ0) is 15.4. The summed E-state index contributed by atoms with van der Waals surface area (Å²) < 4.78 is 7.02. The Morgan fingerprint density at radius 2 is 2.19 bits per heavy atom. The lowest BCUT2D eigenvalue weighted by atomic mass is 10.00. The SMILES string of the molecule is CCOC(=O)c1cn2cc(CN=[N+]=[N-])ccc2c1C(C)C. The van der Waals surface area contributed by atoms with E-state index in [-0.39, 0.29) is 18.4 Å². The number of rotatable bonds is 5. The minimum absolute atomic E-state index is 0.206. The van der Waals surface area contributed by atoms with E-state index >= 15 is 0 Å². The first kappa shape index (κ1) is 14.9. The van der Waals surface area contributed by atoms with Gasteiger partial charge < -0.3 is 9.14 Å². The van der Waals surface area contributed by atoms with Crippen molar-refractivity contribution in [3.8, 4) is 0 Å². The molecule has 0 fully saturated rings. The van der Waals surface area contributed by atoms with Crippen molar-refractivity contribution < 1.29 is 9.53 Å². The Hall–Kier alpha value is -2.46. The monoisotopic (exact) mass is 286 g/mol. The van der Waals surface area contributed by atoms with Gasteiger partial charge in [-0.3, -0.25) is 0 Å². The van der Waals surface area contributed by atoms with Crippen molar-refractivity contribution in [3.05, 3.63) is 51.7 Å². The van der Waals surface area contributed by atoms with Crippen LogP contribution in [0, 0.1) is 0 Å². The molecule has 110 valence electrons. The summed E-state index contributed by atoms with van der Waals surface area (Å²) in [4.78, 5) is 14.9. The number of pyridine rings is 1. The topological polar surface area (TPSA) is 79.5 Å². The van der Waals surface area contributed by atoms with E-state index in [1.807, 2.05) is 36.6 Å². The van der Waals surface area contributed by atoms with Crippen molar-refractivity contribution in [2.45, 2.75) is 33.2 Å². The van der Waals surface area contributed by atoms with Crippen LogP contribution in [0.2, 0.25) is 0 Å². The number of fused-ring (bicyclic) bond motifs is 1. The van der Waals surface area contributed by atoms with Gasteiger partial charge >= 0.3 is 5.97 Å². The molecule has 0 bridgehead atoms. The van der Waals surface area contributed by atoms with Crippen LogP contribution in [0.5, 0.6) is 0 Å². The van der Waals surface area contributed by atoms with Crippen molar-refractivity contribution in [1.82, 2.24) is 4.40 Å². The van der Waals surface area contributed by atoms with Crippen LogP contribution in [0.3, 0.4) is 0 Å². The molecule has 0 aromatic carbocycles. The largest absolute Gasteiger partial charge is 0.462 e. The van der Waals surface area contributed by atoms with E-state index in [9.17, 15) is 4.79 Å². The maximum Gasteiger partial charge on any atom is 0.339 e. The summed E-state index contributed by atoms with van der Waals surface area (Å²) >= 11 is 0. The van der Waals surface area contributed by atoms with Crippen LogP contribution in [-0.4, -0.2) is 17.0 Å². The van der Waals surface area contributed by atoms with Gasteiger partial charge in [0.2, 0.25) is 0 Å². The third kappa shape index (κ3) is 3.01. The Kier molecular flexibility index (Phi) is 4.50. The molecule has 0 aliphatic heterocycles. The molecule has 2 aromatic rings. The Balaban J connectivity index is 2.55. The molecule has 0 atom stereocenters.